The molecule has 0 atom stereocenters. The SMILES string of the molecule is O=C(COc1ccc(OCc2ccccc2)cc1)Nc1cccc(Cl)c1. The third kappa shape index (κ3) is 5.53. The van der Waals surface area contributed by atoms with E-state index in [1.165, 1.54) is 0 Å². The van der Waals surface area contributed by atoms with Crippen LogP contribution in [0.3, 0.4) is 0 Å². The van der Waals surface area contributed by atoms with Gasteiger partial charge in [-0.25, -0.2) is 0 Å². The molecule has 0 radical (unpaired) electrons. The highest BCUT2D eigenvalue weighted by atomic mass is 35.5. The highest BCUT2D eigenvalue weighted by Crippen LogP contribution is 2.19. The maximum Gasteiger partial charge on any atom is 0.262 e. The second-order valence-electron chi connectivity index (χ2n) is 5.59. The van der Waals surface area contributed by atoms with Crippen molar-refractivity contribution in [1.82, 2.24) is 0 Å². The summed E-state index contributed by atoms with van der Waals surface area (Å²) in [5.41, 5.74) is 1.74. The van der Waals surface area contributed by atoms with Gasteiger partial charge in [0.25, 0.3) is 5.91 Å². The summed E-state index contributed by atoms with van der Waals surface area (Å²) in [6.45, 7) is 0.416. The summed E-state index contributed by atoms with van der Waals surface area (Å²) in [5, 5.41) is 3.29. The van der Waals surface area contributed by atoms with E-state index in [9.17, 15) is 4.79 Å². The predicted molar refractivity (Wildman–Crippen MR) is 103 cm³/mol. The molecule has 0 fully saturated rings. The number of ether oxygens (including phenoxy) is 2. The number of carbonyl (C=O) groups is 1. The van der Waals surface area contributed by atoms with Gasteiger partial charge in [-0.15, -0.1) is 0 Å². The van der Waals surface area contributed by atoms with E-state index in [2.05, 4.69) is 5.32 Å². The summed E-state index contributed by atoms with van der Waals surface area (Å²) < 4.78 is 11.2. The van der Waals surface area contributed by atoms with Gasteiger partial charge in [0.15, 0.2) is 6.61 Å². The molecule has 3 aromatic carbocycles. The number of anilines is 1. The molecule has 0 spiro atoms. The minimum Gasteiger partial charge on any atom is -0.489 e. The van der Waals surface area contributed by atoms with Crippen molar-refractivity contribution in [2.45, 2.75) is 6.61 Å². The summed E-state index contributed by atoms with van der Waals surface area (Å²) in [6.07, 6.45) is 0. The molecule has 0 aromatic heterocycles. The van der Waals surface area contributed by atoms with Crippen LogP contribution in [0.15, 0.2) is 78.9 Å². The lowest BCUT2D eigenvalue weighted by Gasteiger charge is -2.09. The van der Waals surface area contributed by atoms with Crippen LogP contribution in [0, 0.1) is 0 Å². The number of halogens is 1. The van der Waals surface area contributed by atoms with E-state index in [1.54, 1.807) is 36.4 Å². The van der Waals surface area contributed by atoms with Gasteiger partial charge in [0.2, 0.25) is 0 Å². The van der Waals surface area contributed by atoms with Crippen LogP contribution in [0.25, 0.3) is 0 Å². The van der Waals surface area contributed by atoms with E-state index in [0.717, 1.165) is 11.3 Å². The van der Waals surface area contributed by atoms with Crippen molar-refractivity contribution >= 4 is 23.2 Å². The smallest absolute Gasteiger partial charge is 0.262 e. The van der Waals surface area contributed by atoms with Crippen LogP contribution < -0.4 is 14.8 Å². The Labute approximate surface area is 157 Å². The van der Waals surface area contributed by atoms with Crippen molar-refractivity contribution in [3.05, 3.63) is 89.4 Å². The molecule has 3 rings (SSSR count). The van der Waals surface area contributed by atoms with Crippen LogP contribution in [-0.2, 0) is 11.4 Å². The number of benzene rings is 3. The van der Waals surface area contributed by atoms with E-state index in [0.29, 0.717) is 23.1 Å². The van der Waals surface area contributed by atoms with Crippen LogP contribution in [-0.4, -0.2) is 12.5 Å². The lowest BCUT2D eigenvalue weighted by Crippen LogP contribution is -2.20. The fourth-order valence-electron chi connectivity index (χ4n) is 2.29. The van der Waals surface area contributed by atoms with Crippen LogP contribution in [0.2, 0.25) is 5.02 Å². The van der Waals surface area contributed by atoms with E-state index >= 15 is 0 Å². The topological polar surface area (TPSA) is 47.6 Å². The molecule has 0 aliphatic carbocycles. The Morgan fingerprint density at radius 2 is 1.54 bits per heavy atom. The molecular formula is C21H18ClNO3. The van der Waals surface area contributed by atoms with Crippen molar-refractivity contribution in [3.8, 4) is 11.5 Å². The Kier molecular flexibility index (Phi) is 6.12. The summed E-state index contributed by atoms with van der Waals surface area (Å²) in [4.78, 5) is 11.9. The highest BCUT2D eigenvalue weighted by molar-refractivity contribution is 6.30. The molecule has 0 saturated carbocycles. The van der Waals surface area contributed by atoms with Crippen molar-refractivity contribution in [2.24, 2.45) is 0 Å². The molecule has 4 nitrogen and oxygen atoms in total. The van der Waals surface area contributed by atoms with Crippen LogP contribution in [0.1, 0.15) is 5.56 Å². The zero-order valence-electron chi connectivity index (χ0n) is 14.0. The molecule has 5 heteroatoms. The molecule has 1 amide bonds. The Balaban J connectivity index is 1.46. The van der Waals surface area contributed by atoms with Crippen LogP contribution >= 0.6 is 11.6 Å². The molecule has 0 unspecified atom stereocenters. The molecule has 1 N–H and O–H groups in total. The highest BCUT2D eigenvalue weighted by Gasteiger charge is 2.05. The molecule has 0 bridgehead atoms. The number of hydrogen-bond acceptors (Lipinski definition) is 3. The first-order valence-electron chi connectivity index (χ1n) is 8.14. The number of amides is 1. The zero-order valence-corrected chi connectivity index (χ0v) is 14.8. The van der Waals surface area contributed by atoms with Gasteiger partial charge in [0.1, 0.15) is 18.1 Å². The summed E-state index contributed by atoms with van der Waals surface area (Å²) in [6, 6.07) is 24.1. The second-order valence-corrected chi connectivity index (χ2v) is 6.03. The molecule has 0 saturated heterocycles. The first-order chi connectivity index (χ1) is 12.7. The third-order valence-electron chi connectivity index (χ3n) is 3.55. The molecule has 0 aliphatic rings. The van der Waals surface area contributed by atoms with Gasteiger partial charge >= 0.3 is 0 Å². The van der Waals surface area contributed by atoms with Gasteiger partial charge in [0, 0.05) is 10.7 Å². The Hall–Kier alpha value is -2.98. The Morgan fingerprint density at radius 3 is 2.23 bits per heavy atom. The number of rotatable bonds is 7. The summed E-state index contributed by atoms with van der Waals surface area (Å²) >= 11 is 5.89. The number of hydrogen-bond donors (Lipinski definition) is 1. The van der Waals surface area contributed by atoms with Gasteiger partial charge in [-0.2, -0.15) is 0 Å². The fourth-order valence-corrected chi connectivity index (χ4v) is 2.48. The van der Waals surface area contributed by atoms with Crippen molar-refractivity contribution in [3.63, 3.8) is 0 Å². The van der Waals surface area contributed by atoms with Crippen molar-refractivity contribution in [1.29, 1.82) is 0 Å². The van der Waals surface area contributed by atoms with Gasteiger partial charge in [-0.05, 0) is 48.0 Å². The van der Waals surface area contributed by atoms with Gasteiger partial charge in [-0.3, -0.25) is 4.79 Å². The van der Waals surface area contributed by atoms with Crippen molar-refractivity contribution in [2.75, 3.05) is 11.9 Å². The minimum atomic E-state index is -0.253. The Bertz CT molecular complexity index is 851. The van der Waals surface area contributed by atoms with Crippen molar-refractivity contribution < 1.29 is 14.3 Å². The van der Waals surface area contributed by atoms with Crippen LogP contribution in [0.4, 0.5) is 5.69 Å². The molecule has 26 heavy (non-hydrogen) atoms. The maximum absolute atomic E-state index is 11.9. The molecule has 3 aromatic rings. The monoisotopic (exact) mass is 367 g/mol. The van der Waals surface area contributed by atoms with E-state index in [4.69, 9.17) is 21.1 Å². The normalized spacial score (nSPS) is 10.2. The fraction of sp³-hybridized carbons (Fsp3) is 0.0952. The van der Waals surface area contributed by atoms with E-state index in [1.807, 2.05) is 42.5 Å². The van der Waals surface area contributed by atoms with Gasteiger partial charge in [-0.1, -0.05) is 48.0 Å². The van der Waals surface area contributed by atoms with Gasteiger partial charge < -0.3 is 14.8 Å². The lowest BCUT2D eigenvalue weighted by atomic mass is 10.2. The number of carbonyl (C=O) groups excluding carboxylic acids is 1. The standard InChI is InChI=1S/C21H18ClNO3/c22-17-7-4-8-18(13-17)23-21(24)15-26-20-11-9-19(10-12-20)25-14-16-5-2-1-3-6-16/h1-13H,14-15H2,(H,23,24). The van der Waals surface area contributed by atoms with E-state index < -0.39 is 0 Å². The second kappa shape index (κ2) is 8.92. The zero-order chi connectivity index (χ0) is 18.2. The maximum atomic E-state index is 11.9. The first kappa shape index (κ1) is 17.8. The lowest BCUT2D eigenvalue weighted by molar-refractivity contribution is -0.118. The number of nitrogens with one attached hydrogen (secondary N) is 1. The quantitative estimate of drug-likeness (QED) is 0.643. The molecule has 0 heterocycles. The third-order valence-corrected chi connectivity index (χ3v) is 3.79. The average Bonchev–Trinajstić information content (AvgIpc) is 2.66. The largest absolute Gasteiger partial charge is 0.489 e. The average molecular weight is 368 g/mol. The summed E-state index contributed by atoms with van der Waals surface area (Å²) in [5.74, 6) is 1.08. The van der Waals surface area contributed by atoms with E-state index in [-0.39, 0.29) is 12.5 Å². The molecule has 132 valence electrons. The minimum absolute atomic E-state index is 0.0866. The Morgan fingerprint density at radius 1 is 0.846 bits per heavy atom. The molecular weight excluding hydrogens is 350 g/mol. The van der Waals surface area contributed by atoms with Gasteiger partial charge in [0.05, 0.1) is 0 Å². The predicted octanol–water partition coefficient (Wildman–Crippen LogP) is 4.94. The summed E-state index contributed by atoms with van der Waals surface area (Å²) in [7, 11) is 0. The molecule has 0 aliphatic heterocycles. The van der Waals surface area contributed by atoms with Crippen LogP contribution in [0.5, 0.6) is 11.5 Å². The first-order valence-corrected chi connectivity index (χ1v) is 8.52.